The van der Waals surface area contributed by atoms with Crippen LogP contribution >= 0.6 is 0 Å². The Morgan fingerprint density at radius 2 is 1.58 bits per heavy atom. The van der Waals surface area contributed by atoms with Crippen molar-refractivity contribution in [1.29, 1.82) is 0 Å². The summed E-state index contributed by atoms with van der Waals surface area (Å²) in [5.74, 6) is 0.753. The van der Waals surface area contributed by atoms with Crippen molar-refractivity contribution in [3.63, 3.8) is 0 Å². The summed E-state index contributed by atoms with van der Waals surface area (Å²) in [4.78, 5) is 30.2. The van der Waals surface area contributed by atoms with Crippen molar-refractivity contribution in [2.45, 2.75) is 33.3 Å². The van der Waals surface area contributed by atoms with Gasteiger partial charge in [0.1, 0.15) is 11.4 Å². The van der Waals surface area contributed by atoms with Gasteiger partial charge in [0.2, 0.25) is 0 Å². The Labute approximate surface area is 155 Å². The molecule has 1 aliphatic rings. The molecule has 0 unspecified atom stereocenters. The minimum absolute atomic E-state index is 0.0542. The van der Waals surface area contributed by atoms with Gasteiger partial charge in [0.15, 0.2) is 0 Å². The van der Waals surface area contributed by atoms with Crippen LogP contribution in [0, 0.1) is 0 Å². The zero-order valence-corrected chi connectivity index (χ0v) is 16.3. The lowest BCUT2D eigenvalue weighted by molar-refractivity contribution is 0.0172. The highest BCUT2D eigenvalue weighted by atomic mass is 16.6. The third-order valence-electron chi connectivity index (χ3n) is 4.13. The van der Waals surface area contributed by atoms with Crippen LogP contribution in [-0.4, -0.2) is 67.4 Å². The molecule has 0 N–H and O–H groups in total. The number of methoxy groups -OCH3 is 1. The molecule has 1 saturated heterocycles. The molecule has 0 saturated carbocycles. The molecule has 7 nitrogen and oxygen atoms in total. The van der Waals surface area contributed by atoms with Gasteiger partial charge in [0.05, 0.1) is 7.11 Å². The average Bonchev–Trinajstić information content (AvgIpc) is 2.61. The SMILES string of the molecule is CCN(C(=O)N1CCN(C(=O)OC(C)(C)C)CC1)c1ccc(OC)cc1. The maximum Gasteiger partial charge on any atom is 0.410 e. The van der Waals surface area contributed by atoms with Crippen molar-refractivity contribution < 1.29 is 19.1 Å². The zero-order chi connectivity index (χ0) is 19.3. The van der Waals surface area contributed by atoms with Crippen LogP contribution in [0.25, 0.3) is 0 Å². The highest BCUT2D eigenvalue weighted by Crippen LogP contribution is 2.21. The van der Waals surface area contributed by atoms with Crippen LogP contribution in [0.1, 0.15) is 27.7 Å². The van der Waals surface area contributed by atoms with Gasteiger partial charge in [-0.1, -0.05) is 0 Å². The molecule has 144 valence electrons. The van der Waals surface area contributed by atoms with Crippen molar-refractivity contribution in [2.75, 3.05) is 44.7 Å². The standard InChI is InChI=1S/C19H29N3O4/c1-6-22(15-7-9-16(25-5)10-8-15)17(23)20-11-13-21(14-12-20)18(24)26-19(2,3)4/h7-10H,6,11-14H2,1-5H3. The maximum atomic E-state index is 12.9. The lowest BCUT2D eigenvalue weighted by Crippen LogP contribution is -2.54. The van der Waals surface area contributed by atoms with E-state index in [4.69, 9.17) is 9.47 Å². The number of anilines is 1. The molecular formula is C19H29N3O4. The molecular weight excluding hydrogens is 334 g/mol. The molecule has 2 rings (SSSR count). The van der Waals surface area contributed by atoms with Gasteiger partial charge in [-0.15, -0.1) is 0 Å². The predicted octanol–water partition coefficient (Wildman–Crippen LogP) is 3.19. The van der Waals surface area contributed by atoms with Gasteiger partial charge in [-0.05, 0) is 52.0 Å². The fraction of sp³-hybridized carbons (Fsp3) is 0.579. The number of rotatable bonds is 3. The highest BCUT2D eigenvalue weighted by Gasteiger charge is 2.29. The summed E-state index contributed by atoms with van der Waals surface area (Å²) < 4.78 is 10.6. The predicted molar refractivity (Wildman–Crippen MR) is 101 cm³/mol. The van der Waals surface area contributed by atoms with Gasteiger partial charge in [0.25, 0.3) is 0 Å². The summed E-state index contributed by atoms with van der Waals surface area (Å²) in [5, 5.41) is 0. The highest BCUT2D eigenvalue weighted by molar-refractivity contribution is 5.92. The molecule has 1 aliphatic heterocycles. The topological polar surface area (TPSA) is 62.3 Å². The van der Waals surface area contributed by atoms with E-state index < -0.39 is 5.60 Å². The summed E-state index contributed by atoms with van der Waals surface area (Å²) in [7, 11) is 1.61. The largest absolute Gasteiger partial charge is 0.497 e. The van der Waals surface area contributed by atoms with Crippen molar-refractivity contribution in [3.8, 4) is 5.75 Å². The number of carbonyl (C=O) groups excluding carboxylic acids is 2. The van der Waals surface area contributed by atoms with E-state index in [0.717, 1.165) is 11.4 Å². The fourth-order valence-corrected chi connectivity index (χ4v) is 2.77. The zero-order valence-electron chi connectivity index (χ0n) is 16.3. The molecule has 1 heterocycles. The number of amides is 3. The average molecular weight is 363 g/mol. The first-order valence-electron chi connectivity index (χ1n) is 8.93. The summed E-state index contributed by atoms with van der Waals surface area (Å²) in [6.45, 7) is 9.98. The Balaban J connectivity index is 1.96. The van der Waals surface area contributed by atoms with Gasteiger partial charge in [-0.25, -0.2) is 9.59 Å². The van der Waals surface area contributed by atoms with E-state index in [1.807, 2.05) is 52.0 Å². The van der Waals surface area contributed by atoms with E-state index in [9.17, 15) is 9.59 Å². The third kappa shape index (κ3) is 5.03. The quantitative estimate of drug-likeness (QED) is 0.827. The van der Waals surface area contributed by atoms with Crippen LogP contribution in [0.5, 0.6) is 5.75 Å². The first-order valence-corrected chi connectivity index (χ1v) is 8.93. The Hall–Kier alpha value is -2.44. The first kappa shape index (κ1) is 19.9. The second kappa shape index (κ2) is 8.29. The van der Waals surface area contributed by atoms with E-state index in [1.165, 1.54) is 0 Å². The van der Waals surface area contributed by atoms with Crippen LogP contribution in [-0.2, 0) is 4.74 Å². The summed E-state index contributed by atoms with van der Waals surface area (Å²) in [6, 6.07) is 7.37. The lowest BCUT2D eigenvalue weighted by atomic mass is 10.2. The van der Waals surface area contributed by atoms with Gasteiger partial charge < -0.3 is 19.3 Å². The first-order chi connectivity index (χ1) is 12.2. The second-order valence-corrected chi connectivity index (χ2v) is 7.18. The van der Waals surface area contributed by atoms with Crippen LogP contribution in [0.4, 0.5) is 15.3 Å². The van der Waals surface area contributed by atoms with Crippen LogP contribution in [0.2, 0.25) is 0 Å². The molecule has 1 aromatic carbocycles. The van der Waals surface area contributed by atoms with Crippen LogP contribution in [0.15, 0.2) is 24.3 Å². The number of nitrogens with zero attached hydrogens (tertiary/aromatic N) is 3. The van der Waals surface area contributed by atoms with Gasteiger partial charge in [-0.2, -0.15) is 0 Å². The number of benzene rings is 1. The molecule has 7 heteroatoms. The Bertz CT molecular complexity index is 617. The van der Waals surface area contributed by atoms with Gasteiger partial charge >= 0.3 is 12.1 Å². The number of hydrogen-bond acceptors (Lipinski definition) is 4. The Morgan fingerprint density at radius 1 is 1.04 bits per heavy atom. The number of urea groups is 1. The van der Waals surface area contributed by atoms with E-state index in [-0.39, 0.29) is 12.1 Å². The molecule has 0 atom stereocenters. The van der Waals surface area contributed by atoms with Crippen molar-refractivity contribution >= 4 is 17.8 Å². The number of ether oxygens (including phenoxy) is 2. The Morgan fingerprint density at radius 3 is 2.04 bits per heavy atom. The molecule has 0 aliphatic carbocycles. The van der Waals surface area contributed by atoms with E-state index in [0.29, 0.717) is 32.7 Å². The van der Waals surface area contributed by atoms with Gasteiger partial charge in [0, 0.05) is 38.4 Å². The molecule has 3 amide bonds. The van der Waals surface area contributed by atoms with Crippen molar-refractivity contribution in [1.82, 2.24) is 9.80 Å². The van der Waals surface area contributed by atoms with Crippen LogP contribution in [0.3, 0.4) is 0 Å². The normalized spacial score (nSPS) is 14.8. The molecule has 26 heavy (non-hydrogen) atoms. The number of piperazine rings is 1. The molecule has 1 aromatic rings. The van der Waals surface area contributed by atoms with E-state index in [1.54, 1.807) is 21.8 Å². The smallest absolute Gasteiger partial charge is 0.410 e. The number of hydrogen-bond donors (Lipinski definition) is 0. The van der Waals surface area contributed by atoms with Crippen molar-refractivity contribution in [3.05, 3.63) is 24.3 Å². The van der Waals surface area contributed by atoms with E-state index >= 15 is 0 Å². The van der Waals surface area contributed by atoms with Crippen LogP contribution < -0.4 is 9.64 Å². The molecule has 1 fully saturated rings. The van der Waals surface area contributed by atoms with Crippen molar-refractivity contribution in [2.24, 2.45) is 0 Å². The second-order valence-electron chi connectivity index (χ2n) is 7.18. The lowest BCUT2D eigenvalue weighted by Gasteiger charge is -2.37. The Kier molecular flexibility index (Phi) is 6.34. The van der Waals surface area contributed by atoms with E-state index in [2.05, 4.69) is 0 Å². The maximum absolute atomic E-state index is 12.9. The minimum atomic E-state index is -0.516. The summed E-state index contributed by atoms with van der Waals surface area (Å²) in [5.41, 5.74) is 0.310. The van der Waals surface area contributed by atoms with Gasteiger partial charge in [-0.3, -0.25) is 4.90 Å². The number of carbonyl (C=O) groups is 2. The molecule has 0 aromatic heterocycles. The minimum Gasteiger partial charge on any atom is -0.497 e. The third-order valence-corrected chi connectivity index (χ3v) is 4.13. The molecule has 0 radical (unpaired) electrons. The monoisotopic (exact) mass is 363 g/mol. The fourth-order valence-electron chi connectivity index (χ4n) is 2.77. The molecule has 0 bridgehead atoms. The molecule has 0 spiro atoms. The summed E-state index contributed by atoms with van der Waals surface area (Å²) in [6.07, 6.45) is -0.327. The summed E-state index contributed by atoms with van der Waals surface area (Å²) >= 11 is 0.